The van der Waals surface area contributed by atoms with Gasteiger partial charge in [0, 0.05) is 10.9 Å². The van der Waals surface area contributed by atoms with Crippen molar-refractivity contribution in [3.05, 3.63) is 48.8 Å². The standard InChI is InChI=1S/C17H12F2N4O2/c1-24-14-8-10(6-7-13(14)25-17(18)19)15-21-16-11-4-2-3-5-12(11)20-9-23(16)22-15/h2-9,17H,1H3. The van der Waals surface area contributed by atoms with Crippen LogP contribution in [-0.4, -0.2) is 33.3 Å². The molecule has 0 aliphatic rings. The zero-order valence-electron chi connectivity index (χ0n) is 13.1. The lowest BCUT2D eigenvalue weighted by Gasteiger charge is -2.10. The van der Waals surface area contributed by atoms with Crippen molar-refractivity contribution in [3.8, 4) is 22.9 Å². The Hall–Kier alpha value is -3.29. The Bertz CT molecular complexity index is 1070. The number of para-hydroxylation sites is 1. The number of ether oxygens (including phenoxy) is 2. The first kappa shape index (κ1) is 15.3. The smallest absolute Gasteiger partial charge is 0.387 e. The molecule has 2 aromatic carbocycles. The first-order chi connectivity index (χ1) is 12.2. The summed E-state index contributed by atoms with van der Waals surface area (Å²) in [6.45, 7) is -2.93. The highest BCUT2D eigenvalue weighted by Gasteiger charge is 2.15. The first-order valence-corrected chi connectivity index (χ1v) is 7.39. The number of alkyl halides is 2. The Kier molecular flexibility index (Phi) is 3.64. The van der Waals surface area contributed by atoms with Crippen molar-refractivity contribution in [1.29, 1.82) is 0 Å². The Morgan fingerprint density at radius 3 is 2.72 bits per heavy atom. The highest BCUT2D eigenvalue weighted by atomic mass is 19.3. The van der Waals surface area contributed by atoms with Gasteiger partial charge in [-0.05, 0) is 30.3 Å². The average molecular weight is 342 g/mol. The summed E-state index contributed by atoms with van der Waals surface area (Å²) in [4.78, 5) is 8.87. The number of nitrogens with zero attached hydrogens (tertiary/aromatic N) is 4. The van der Waals surface area contributed by atoms with E-state index < -0.39 is 6.61 Å². The van der Waals surface area contributed by atoms with Crippen molar-refractivity contribution in [2.45, 2.75) is 6.61 Å². The molecular formula is C17H12F2N4O2. The molecule has 0 amide bonds. The molecule has 0 aliphatic carbocycles. The van der Waals surface area contributed by atoms with Gasteiger partial charge in [0.05, 0.1) is 12.6 Å². The molecule has 0 spiro atoms. The van der Waals surface area contributed by atoms with E-state index in [9.17, 15) is 8.78 Å². The summed E-state index contributed by atoms with van der Waals surface area (Å²) in [5, 5.41) is 5.27. The number of rotatable bonds is 4. The van der Waals surface area contributed by atoms with E-state index in [0.29, 0.717) is 17.0 Å². The van der Waals surface area contributed by atoms with Gasteiger partial charge in [-0.1, -0.05) is 12.1 Å². The van der Waals surface area contributed by atoms with Crippen LogP contribution >= 0.6 is 0 Å². The SMILES string of the molecule is COc1cc(-c2nc3c4ccccc4ncn3n2)ccc1OC(F)F. The average Bonchev–Trinajstić information content (AvgIpc) is 3.06. The molecule has 0 bridgehead atoms. The van der Waals surface area contributed by atoms with Crippen LogP contribution in [0.4, 0.5) is 8.78 Å². The molecule has 0 atom stereocenters. The number of hydrogen-bond donors (Lipinski definition) is 0. The van der Waals surface area contributed by atoms with E-state index in [4.69, 9.17) is 4.74 Å². The second-order valence-corrected chi connectivity index (χ2v) is 5.21. The van der Waals surface area contributed by atoms with E-state index in [1.165, 1.54) is 13.2 Å². The second-order valence-electron chi connectivity index (χ2n) is 5.21. The number of halogens is 2. The molecule has 0 aliphatic heterocycles. The summed E-state index contributed by atoms with van der Waals surface area (Å²) in [5.74, 6) is 0.566. The minimum absolute atomic E-state index is 0.0443. The van der Waals surface area contributed by atoms with Crippen LogP contribution in [0.5, 0.6) is 11.5 Å². The number of methoxy groups -OCH3 is 1. The normalized spacial score (nSPS) is 11.4. The summed E-state index contributed by atoms with van der Waals surface area (Å²) in [7, 11) is 1.38. The topological polar surface area (TPSA) is 61.5 Å². The minimum Gasteiger partial charge on any atom is -0.493 e. The number of fused-ring (bicyclic) bond motifs is 3. The largest absolute Gasteiger partial charge is 0.493 e. The molecule has 2 aromatic heterocycles. The fourth-order valence-corrected chi connectivity index (χ4v) is 2.60. The highest BCUT2D eigenvalue weighted by Crippen LogP contribution is 2.32. The molecule has 0 saturated carbocycles. The fraction of sp³-hybridized carbons (Fsp3) is 0.118. The molecule has 25 heavy (non-hydrogen) atoms. The maximum atomic E-state index is 12.4. The van der Waals surface area contributed by atoms with Crippen LogP contribution in [-0.2, 0) is 0 Å². The van der Waals surface area contributed by atoms with Gasteiger partial charge in [-0.25, -0.2) is 14.5 Å². The van der Waals surface area contributed by atoms with Gasteiger partial charge >= 0.3 is 6.61 Å². The van der Waals surface area contributed by atoms with Crippen LogP contribution in [0.1, 0.15) is 0 Å². The van der Waals surface area contributed by atoms with Gasteiger partial charge in [-0.2, -0.15) is 8.78 Å². The van der Waals surface area contributed by atoms with Crippen LogP contribution in [0.2, 0.25) is 0 Å². The Morgan fingerprint density at radius 1 is 1.08 bits per heavy atom. The third kappa shape index (κ3) is 2.71. The molecule has 0 fully saturated rings. The van der Waals surface area contributed by atoms with Crippen LogP contribution in [0, 0.1) is 0 Å². The zero-order valence-corrected chi connectivity index (χ0v) is 13.1. The van der Waals surface area contributed by atoms with Gasteiger partial charge in [0.15, 0.2) is 23.0 Å². The Labute approximate surface area is 140 Å². The van der Waals surface area contributed by atoms with Gasteiger partial charge < -0.3 is 9.47 Å². The van der Waals surface area contributed by atoms with Crippen molar-refractivity contribution in [3.63, 3.8) is 0 Å². The summed E-state index contributed by atoms with van der Waals surface area (Å²) in [6.07, 6.45) is 1.58. The maximum absolute atomic E-state index is 12.4. The molecule has 4 rings (SSSR count). The molecule has 126 valence electrons. The van der Waals surface area contributed by atoms with Gasteiger partial charge in [-0.3, -0.25) is 0 Å². The van der Waals surface area contributed by atoms with Gasteiger partial charge in [0.1, 0.15) is 6.33 Å². The third-order valence-electron chi connectivity index (χ3n) is 3.72. The summed E-state index contributed by atoms with van der Waals surface area (Å²) in [6, 6.07) is 12.2. The molecular weight excluding hydrogens is 330 g/mol. The Morgan fingerprint density at radius 2 is 1.92 bits per heavy atom. The van der Waals surface area contributed by atoms with Gasteiger partial charge in [0.25, 0.3) is 0 Å². The van der Waals surface area contributed by atoms with Gasteiger partial charge in [0.2, 0.25) is 0 Å². The van der Waals surface area contributed by atoms with E-state index >= 15 is 0 Å². The summed E-state index contributed by atoms with van der Waals surface area (Å²) in [5.41, 5.74) is 2.09. The maximum Gasteiger partial charge on any atom is 0.387 e. The van der Waals surface area contributed by atoms with Crippen molar-refractivity contribution >= 4 is 16.6 Å². The fourth-order valence-electron chi connectivity index (χ4n) is 2.60. The van der Waals surface area contributed by atoms with Crippen molar-refractivity contribution < 1.29 is 18.3 Å². The van der Waals surface area contributed by atoms with E-state index in [-0.39, 0.29) is 11.5 Å². The van der Waals surface area contributed by atoms with Crippen LogP contribution in [0.25, 0.3) is 27.9 Å². The van der Waals surface area contributed by atoms with E-state index in [1.807, 2.05) is 24.3 Å². The summed E-state index contributed by atoms with van der Waals surface area (Å²) < 4.78 is 36.0. The third-order valence-corrected chi connectivity index (χ3v) is 3.72. The quantitative estimate of drug-likeness (QED) is 0.567. The van der Waals surface area contributed by atoms with E-state index in [1.54, 1.807) is 23.0 Å². The predicted molar refractivity (Wildman–Crippen MR) is 86.9 cm³/mol. The lowest BCUT2D eigenvalue weighted by atomic mass is 10.2. The molecule has 0 radical (unpaired) electrons. The molecule has 0 saturated heterocycles. The second kappa shape index (κ2) is 5.97. The number of hydrogen-bond acceptors (Lipinski definition) is 5. The zero-order chi connectivity index (χ0) is 17.4. The lowest BCUT2D eigenvalue weighted by Crippen LogP contribution is -2.03. The van der Waals surface area contributed by atoms with Gasteiger partial charge in [-0.15, -0.1) is 5.10 Å². The van der Waals surface area contributed by atoms with Crippen LogP contribution in [0.3, 0.4) is 0 Å². The number of benzene rings is 2. The number of aromatic nitrogens is 4. The summed E-state index contributed by atoms with van der Waals surface area (Å²) >= 11 is 0. The lowest BCUT2D eigenvalue weighted by molar-refractivity contribution is -0.0512. The molecule has 2 heterocycles. The molecule has 8 heteroatoms. The van der Waals surface area contributed by atoms with E-state index in [0.717, 1.165) is 10.9 Å². The predicted octanol–water partition coefficient (Wildman–Crippen LogP) is 3.55. The monoisotopic (exact) mass is 342 g/mol. The Balaban J connectivity index is 1.83. The highest BCUT2D eigenvalue weighted by molar-refractivity contribution is 5.91. The van der Waals surface area contributed by atoms with Crippen molar-refractivity contribution in [2.75, 3.05) is 7.11 Å². The minimum atomic E-state index is -2.93. The van der Waals surface area contributed by atoms with Crippen LogP contribution < -0.4 is 9.47 Å². The van der Waals surface area contributed by atoms with Crippen molar-refractivity contribution in [1.82, 2.24) is 19.6 Å². The van der Waals surface area contributed by atoms with Crippen molar-refractivity contribution in [2.24, 2.45) is 0 Å². The van der Waals surface area contributed by atoms with Crippen LogP contribution in [0.15, 0.2) is 48.8 Å². The molecule has 0 N–H and O–H groups in total. The first-order valence-electron chi connectivity index (χ1n) is 7.39. The molecule has 0 unspecified atom stereocenters. The molecule has 6 nitrogen and oxygen atoms in total. The molecule has 4 aromatic rings. The van der Waals surface area contributed by atoms with E-state index in [2.05, 4.69) is 19.8 Å².